The summed E-state index contributed by atoms with van der Waals surface area (Å²) >= 11 is 18.1. The smallest absolute Gasteiger partial charge is 0.338 e. The lowest BCUT2D eigenvalue weighted by atomic mass is 10.0. The van der Waals surface area contributed by atoms with Crippen molar-refractivity contribution in [2.24, 2.45) is 0 Å². The zero-order valence-corrected chi connectivity index (χ0v) is 12.6. The quantitative estimate of drug-likeness (QED) is 0.665. The van der Waals surface area contributed by atoms with Crippen molar-refractivity contribution >= 4 is 46.6 Å². The fourth-order valence-electron chi connectivity index (χ4n) is 1.72. The molecule has 0 aliphatic rings. The van der Waals surface area contributed by atoms with Crippen LogP contribution in [-0.4, -0.2) is 18.1 Å². The molecule has 4 nitrogen and oxygen atoms in total. The van der Waals surface area contributed by atoms with Gasteiger partial charge in [-0.25, -0.2) is 9.78 Å². The zero-order chi connectivity index (χ0) is 14.9. The van der Waals surface area contributed by atoms with Crippen LogP contribution in [0.2, 0.25) is 15.1 Å². The Hall–Kier alpha value is -1.49. The lowest BCUT2D eigenvalue weighted by molar-refractivity contribution is 0.0601. The van der Waals surface area contributed by atoms with Crippen molar-refractivity contribution < 1.29 is 9.53 Å². The number of hydrogen-bond acceptors (Lipinski definition) is 4. The molecule has 0 spiro atoms. The molecule has 2 N–H and O–H groups in total. The molecule has 104 valence electrons. The van der Waals surface area contributed by atoms with Crippen LogP contribution in [0.4, 0.5) is 5.82 Å². The van der Waals surface area contributed by atoms with Crippen molar-refractivity contribution in [2.45, 2.75) is 0 Å². The lowest BCUT2D eigenvalue weighted by Gasteiger charge is -2.11. The Bertz CT molecular complexity index is 690. The summed E-state index contributed by atoms with van der Waals surface area (Å²) in [5.41, 5.74) is 6.76. The number of hydrogen-bond donors (Lipinski definition) is 1. The molecule has 0 bridgehead atoms. The van der Waals surface area contributed by atoms with E-state index in [-0.39, 0.29) is 21.4 Å². The molecule has 0 unspecified atom stereocenters. The number of methoxy groups -OCH3 is 1. The van der Waals surface area contributed by atoms with E-state index in [2.05, 4.69) is 4.98 Å². The molecule has 1 aromatic carbocycles. The molecule has 0 saturated carbocycles. The Balaban J connectivity index is 2.73. The number of nitrogens with zero attached hydrogens (tertiary/aromatic N) is 1. The molecule has 20 heavy (non-hydrogen) atoms. The third-order valence-corrected chi connectivity index (χ3v) is 3.63. The first-order valence-corrected chi connectivity index (χ1v) is 6.56. The highest BCUT2D eigenvalue weighted by Gasteiger charge is 2.18. The molecule has 0 saturated heterocycles. The van der Waals surface area contributed by atoms with E-state index in [1.54, 1.807) is 6.07 Å². The standard InChI is InChI=1S/C13H9Cl3N2O2/c1-20-13(19)8-4-11(17)18-5-9(8)7-2-6(14)3-10(15)12(7)16/h2-5H,1H3,(H2,17,18). The monoisotopic (exact) mass is 330 g/mol. The second kappa shape index (κ2) is 5.87. The van der Waals surface area contributed by atoms with Crippen LogP contribution in [0, 0.1) is 0 Å². The minimum absolute atomic E-state index is 0.193. The van der Waals surface area contributed by atoms with E-state index < -0.39 is 5.97 Å². The van der Waals surface area contributed by atoms with Crippen molar-refractivity contribution in [1.82, 2.24) is 4.98 Å². The van der Waals surface area contributed by atoms with Gasteiger partial charge in [-0.2, -0.15) is 0 Å². The molecule has 0 radical (unpaired) electrons. The topological polar surface area (TPSA) is 65.2 Å². The highest BCUT2D eigenvalue weighted by Crippen LogP contribution is 2.38. The second-order valence-electron chi connectivity index (χ2n) is 3.90. The van der Waals surface area contributed by atoms with Gasteiger partial charge in [0.25, 0.3) is 0 Å². The number of benzene rings is 1. The van der Waals surface area contributed by atoms with Gasteiger partial charge in [-0.05, 0) is 18.2 Å². The number of anilines is 1. The fourth-order valence-corrected chi connectivity index (χ4v) is 2.42. The molecule has 0 aliphatic heterocycles. The zero-order valence-electron chi connectivity index (χ0n) is 10.3. The summed E-state index contributed by atoms with van der Waals surface area (Å²) in [6, 6.07) is 4.51. The van der Waals surface area contributed by atoms with Crippen LogP contribution >= 0.6 is 34.8 Å². The number of rotatable bonds is 2. The maximum absolute atomic E-state index is 11.8. The van der Waals surface area contributed by atoms with Gasteiger partial charge < -0.3 is 10.5 Å². The number of pyridine rings is 1. The van der Waals surface area contributed by atoms with E-state index in [1.807, 2.05) is 0 Å². The van der Waals surface area contributed by atoms with E-state index in [9.17, 15) is 4.79 Å². The third-order valence-electron chi connectivity index (χ3n) is 2.61. The summed E-state index contributed by atoms with van der Waals surface area (Å²) in [6.45, 7) is 0. The Kier molecular flexibility index (Phi) is 4.38. The Labute approximate surface area is 130 Å². The van der Waals surface area contributed by atoms with Crippen molar-refractivity contribution in [3.8, 4) is 11.1 Å². The summed E-state index contributed by atoms with van der Waals surface area (Å²) in [4.78, 5) is 15.8. The molecule has 0 amide bonds. The van der Waals surface area contributed by atoms with E-state index >= 15 is 0 Å². The number of nitrogens with two attached hydrogens (primary N) is 1. The van der Waals surface area contributed by atoms with Crippen LogP contribution < -0.4 is 5.73 Å². The Morgan fingerprint density at radius 3 is 2.55 bits per heavy atom. The number of esters is 1. The summed E-state index contributed by atoms with van der Waals surface area (Å²) in [5, 5.41) is 0.941. The average molecular weight is 332 g/mol. The predicted molar refractivity (Wildman–Crippen MR) is 80.5 cm³/mol. The first kappa shape index (κ1) is 14.9. The summed E-state index contributed by atoms with van der Waals surface area (Å²) in [6.07, 6.45) is 1.43. The van der Waals surface area contributed by atoms with Crippen molar-refractivity contribution in [2.75, 3.05) is 12.8 Å². The highest BCUT2D eigenvalue weighted by molar-refractivity contribution is 6.45. The van der Waals surface area contributed by atoms with Gasteiger partial charge in [0.15, 0.2) is 0 Å². The van der Waals surface area contributed by atoms with Crippen LogP contribution in [0.25, 0.3) is 11.1 Å². The minimum atomic E-state index is -0.554. The van der Waals surface area contributed by atoms with Crippen LogP contribution in [0.15, 0.2) is 24.4 Å². The van der Waals surface area contributed by atoms with Crippen molar-refractivity contribution in [1.29, 1.82) is 0 Å². The number of ether oxygens (including phenoxy) is 1. The largest absolute Gasteiger partial charge is 0.465 e. The fraction of sp³-hybridized carbons (Fsp3) is 0.0769. The number of halogens is 3. The molecular weight excluding hydrogens is 323 g/mol. The molecule has 1 heterocycles. The van der Waals surface area contributed by atoms with Gasteiger partial charge in [-0.3, -0.25) is 0 Å². The maximum Gasteiger partial charge on any atom is 0.338 e. The molecular formula is C13H9Cl3N2O2. The van der Waals surface area contributed by atoms with Gasteiger partial charge >= 0.3 is 5.97 Å². The number of nitrogen functional groups attached to an aromatic ring is 1. The number of aromatic nitrogens is 1. The molecule has 2 rings (SSSR count). The highest BCUT2D eigenvalue weighted by atomic mass is 35.5. The average Bonchev–Trinajstić information content (AvgIpc) is 2.42. The Morgan fingerprint density at radius 1 is 1.20 bits per heavy atom. The van der Waals surface area contributed by atoms with Crippen LogP contribution in [0.5, 0.6) is 0 Å². The molecule has 1 aromatic heterocycles. The van der Waals surface area contributed by atoms with E-state index in [0.29, 0.717) is 16.1 Å². The molecule has 0 fully saturated rings. The van der Waals surface area contributed by atoms with Gasteiger partial charge in [-0.15, -0.1) is 0 Å². The van der Waals surface area contributed by atoms with Gasteiger partial charge in [0, 0.05) is 22.3 Å². The van der Waals surface area contributed by atoms with Crippen molar-refractivity contribution in [3.05, 3.63) is 45.0 Å². The van der Waals surface area contributed by atoms with Gasteiger partial charge in [0.2, 0.25) is 0 Å². The second-order valence-corrected chi connectivity index (χ2v) is 5.12. The molecule has 0 atom stereocenters. The normalized spacial score (nSPS) is 10.4. The Morgan fingerprint density at radius 2 is 1.90 bits per heavy atom. The van der Waals surface area contributed by atoms with E-state index in [1.165, 1.54) is 25.4 Å². The van der Waals surface area contributed by atoms with Crippen LogP contribution in [-0.2, 0) is 4.74 Å². The van der Waals surface area contributed by atoms with Gasteiger partial charge in [0.05, 0.1) is 22.7 Å². The first-order chi connectivity index (χ1) is 9.43. The summed E-state index contributed by atoms with van der Waals surface area (Å²) < 4.78 is 4.72. The van der Waals surface area contributed by atoms with E-state index in [0.717, 1.165) is 0 Å². The summed E-state index contributed by atoms with van der Waals surface area (Å²) in [5.74, 6) is -0.361. The van der Waals surface area contributed by atoms with Crippen LogP contribution in [0.3, 0.4) is 0 Å². The maximum atomic E-state index is 11.8. The van der Waals surface area contributed by atoms with Gasteiger partial charge in [-0.1, -0.05) is 34.8 Å². The number of carbonyl (C=O) groups excluding carboxylic acids is 1. The van der Waals surface area contributed by atoms with Gasteiger partial charge in [0.1, 0.15) is 5.82 Å². The van der Waals surface area contributed by atoms with E-state index in [4.69, 9.17) is 45.3 Å². The SMILES string of the molecule is COC(=O)c1cc(N)ncc1-c1cc(Cl)cc(Cl)c1Cl. The first-order valence-electron chi connectivity index (χ1n) is 5.42. The predicted octanol–water partition coefficient (Wildman–Crippen LogP) is 4.08. The number of carbonyl (C=O) groups is 1. The van der Waals surface area contributed by atoms with Crippen molar-refractivity contribution in [3.63, 3.8) is 0 Å². The molecule has 7 heteroatoms. The lowest BCUT2D eigenvalue weighted by Crippen LogP contribution is -2.06. The van der Waals surface area contributed by atoms with Crippen LogP contribution in [0.1, 0.15) is 10.4 Å². The summed E-state index contributed by atoms with van der Waals surface area (Å²) in [7, 11) is 1.27. The minimum Gasteiger partial charge on any atom is -0.465 e. The molecule has 2 aromatic rings. The molecule has 0 aliphatic carbocycles. The third kappa shape index (κ3) is 2.82.